The van der Waals surface area contributed by atoms with Crippen LogP contribution in [0.5, 0.6) is 11.5 Å². The first-order valence-electron chi connectivity index (χ1n) is 11.0. The number of anilines is 1. The third kappa shape index (κ3) is 6.89. The van der Waals surface area contributed by atoms with Crippen LogP contribution in [0, 0.1) is 5.82 Å². The maximum Gasteiger partial charge on any atom is 0.410 e. The zero-order chi connectivity index (χ0) is 24.2. The lowest BCUT2D eigenvalue weighted by molar-refractivity contribution is -0.121. The van der Waals surface area contributed by atoms with Crippen LogP contribution in [-0.2, 0) is 9.53 Å². The van der Waals surface area contributed by atoms with Crippen LogP contribution in [-0.4, -0.2) is 64.1 Å². The van der Waals surface area contributed by atoms with Gasteiger partial charge in [-0.25, -0.2) is 14.2 Å². The van der Waals surface area contributed by atoms with Crippen LogP contribution >= 0.6 is 0 Å². The summed E-state index contributed by atoms with van der Waals surface area (Å²) in [5, 5.41) is 2.82. The molecule has 1 saturated heterocycles. The van der Waals surface area contributed by atoms with E-state index in [9.17, 15) is 14.0 Å². The molecule has 1 aliphatic rings. The van der Waals surface area contributed by atoms with Crippen molar-refractivity contribution >= 4 is 17.8 Å². The number of carbonyl (C=O) groups excluding carboxylic acids is 2. The number of ether oxygens (including phenoxy) is 2. The second kappa shape index (κ2) is 10.2. The molecule has 8 nitrogen and oxygen atoms in total. The van der Waals surface area contributed by atoms with E-state index in [0.29, 0.717) is 37.0 Å². The van der Waals surface area contributed by atoms with Gasteiger partial charge in [-0.2, -0.15) is 0 Å². The van der Waals surface area contributed by atoms with Gasteiger partial charge in [0.1, 0.15) is 28.7 Å². The van der Waals surface area contributed by atoms with Gasteiger partial charge < -0.3 is 19.7 Å². The van der Waals surface area contributed by atoms with E-state index in [-0.39, 0.29) is 23.9 Å². The number of halogens is 1. The van der Waals surface area contributed by atoms with Crippen molar-refractivity contribution in [2.45, 2.75) is 52.3 Å². The van der Waals surface area contributed by atoms with E-state index < -0.39 is 11.6 Å². The van der Waals surface area contributed by atoms with Crippen LogP contribution in [0.25, 0.3) is 0 Å². The Morgan fingerprint density at radius 3 is 2.36 bits per heavy atom. The first kappa shape index (κ1) is 24.4. The normalized spacial score (nSPS) is 17.9. The molecule has 2 amide bonds. The highest BCUT2D eigenvalue weighted by Gasteiger charge is 2.34. The predicted molar refractivity (Wildman–Crippen MR) is 123 cm³/mol. The van der Waals surface area contributed by atoms with Crippen LogP contribution < -0.4 is 10.1 Å². The molecule has 2 heterocycles. The SMILES string of the molecule is CC(C(=O)Nc1ccc(Oc2ccc(F)cc2)cn1)N1CCN(C(=O)OC(C)(C)C)[C@@H](C)C1. The summed E-state index contributed by atoms with van der Waals surface area (Å²) < 4.78 is 24.1. The number of hydrogen-bond donors (Lipinski definition) is 1. The molecule has 0 radical (unpaired) electrons. The molecule has 1 N–H and O–H groups in total. The summed E-state index contributed by atoms with van der Waals surface area (Å²) in [6, 6.07) is 8.52. The van der Waals surface area contributed by atoms with Crippen LogP contribution in [0.1, 0.15) is 34.6 Å². The predicted octanol–water partition coefficient (Wildman–Crippen LogP) is 4.28. The van der Waals surface area contributed by atoms with Gasteiger partial charge in [0.15, 0.2) is 0 Å². The van der Waals surface area contributed by atoms with E-state index in [1.807, 2.05) is 39.5 Å². The van der Waals surface area contributed by atoms with Crippen molar-refractivity contribution < 1.29 is 23.5 Å². The number of hydrogen-bond acceptors (Lipinski definition) is 6. The number of nitrogens with zero attached hydrogens (tertiary/aromatic N) is 3. The quantitative estimate of drug-likeness (QED) is 0.720. The van der Waals surface area contributed by atoms with Gasteiger partial charge >= 0.3 is 6.09 Å². The second-order valence-corrected chi connectivity index (χ2v) is 9.12. The van der Waals surface area contributed by atoms with Gasteiger partial charge in [0.2, 0.25) is 5.91 Å². The summed E-state index contributed by atoms with van der Waals surface area (Å²) in [4.78, 5) is 33.1. The number of nitrogens with one attached hydrogen (secondary N) is 1. The molecule has 0 bridgehead atoms. The molecule has 1 fully saturated rings. The van der Waals surface area contributed by atoms with Gasteiger partial charge in [0, 0.05) is 25.7 Å². The Kier molecular flexibility index (Phi) is 7.53. The lowest BCUT2D eigenvalue weighted by atomic mass is 10.1. The monoisotopic (exact) mass is 458 g/mol. The summed E-state index contributed by atoms with van der Waals surface area (Å²) >= 11 is 0. The van der Waals surface area contributed by atoms with E-state index in [0.717, 1.165) is 0 Å². The Morgan fingerprint density at radius 2 is 1.79 bits per heavy atom. The van der Waals surface area contributed by atoms with Crippen molar-refractivity contribution in [2.75, 3.05) is 25.0 Å². The maximum atomic E-state index is 13.0. The molecule has 0 aliphatic carbocycles. The largest absolute Gasteiger partial charge is 0.456 e. The van der Waals surface area contributed by atoms with Gasteiger partial charge in [-0.15, -0.1) is 0 Å². The fourth-order valence-electron chi connectivity index (χ4n) is 3.48. The highest BCUT2D eigenvalue weighted by atomic mass is 19.1. The molecule has 1 aliphatic heterocycles. The minimum atomic E-state index is -0.548. The number of amides is 2. The molecule has 3 rings (SSSR count). The smallest absolute Gasteiger partial charge is 0.410 e. The molecule has 178 valence electrons. The number of carbonyl (C=O) groups is 2. The van der Waals surface area contributed by atoms with Gasteiger partial charge in [-0.1, -0.05) is 0 Å². The van der Waals surface area contributed by atoms with Crippen LogP contribution in [0.3, 0.4) is 0 Å². The molecule has 0 spiro atoms. The maximum absolute atomic E-state index is 13.0. The Morgan fingerprint density at radius 1 is 1.12 bits per heavy atom. The molecule has 33 heavy (non-hydrogen) atoms. The summed E-state index contributed by atoms with van der Waals surface area (Å²) in [5.41, 5.74) is -0.548. The Balaban J connectivity index is 1.52. The van der Waals surface area contributed by atoms with E-state index >= 15 is 0 Å². The van der Waals surface area contributed by atoms with Gasteiger partial charge in [0.25, 0.3) is 0 Å². The van der Waals surface area contributed by atoms with Gasteiger partial charge in [0.05, 0.1) is 12.2 Å². The molecule has 0 saturated carbocycles. The molecular formula is C24H31FN4O4. The van der Waals surface area contributed by atoms with Crippen molar-refractivity contribution in [3.8, 4) is 11.5 Å². The number of piperazine rings is 1. The van der Waals surface area contributed by atoms with Gasteiger partial charge in [-0.3, -0.25) is 9.69 Å². The average molecular weight is 459 g/mol. The number of pyridine rings is 1. The van der Waals surface area contributed by atoms with E-state index in [1.165, 1.54) is 30.5 Å². The first-order valence-corrected chi connectivity index (χ1v) is 11.0. The van der Waals surface area contributed by atoms with E-state index in [1.54, 1.807) is 17.0 Å². The lowest BCUT2D eigenvalue weighted by Gasteiger charge is -2.42. The summed E-state index contributed by atoms with van der Waals surface area (Å²) in [6.45, 7) is 10.9. The second-order valence-electron chi connectivity index (χ2n) is 9.12. The topological polar surface area (TPSA) is 84.0 Å². The molecule has 9 heteroatoms. The first-order chi connectivity index (χ1) is 15.5. The molecule has 1 unspecified atom stereocenters. The Bertz CT molecular complexity index is 960. The number of benzene rings is 1. The van der Waals surface area contributed by atoms with Crippen molar-refractivity contribution in [2.24, 2.45) is 0 Å². The molecule has 1 aromatic heterocycles. The van der Waals surface area contributed by atoms with E-state index in [4.69, 9.17) is 9.47 Å². The molecule has 2 atom stereocenters. The highest BCUT2D eigenvalue weighted by Crippen LogP contribution is 2.22. The lowest BCUT2D eigenvalue weighted by Crippen LogP contribution is -2.58. The summed E-state index contributed by atoms with van der Waals surface area (Å²) in [6.07, 6.45) is 1.16. The van der Waals surface area contributed by atoms with Crippen molar-refractivity contribution in [1.82, 2.24) is 14.8 Å². The third-order valence-corrected chi connectivity index (χ3v) is 5.25. The van der Waals surface area contributed by atoms with Crippen LogP contribution in [0.4, 0.5) is 15.0 Å². The third-order valence-electron chi connectivity index (χ3n) is 5.25. The Labute approximate surface area is 193 Å². The van der Waals surface area contributed by atoms with Crippen LogP contribution in [0.2, 0.25) is 0 Å². The fraction of sp³-hybridized carbons (Fsp3) is 0.458. The van der Waals surface area contributed by atoms with Crippen molar-refractivity contribution in [3.63, 3.8) is 0 Å². The zero-order valence-electron chi connectivity index (χ0n) is 19.7. The van der Waals surface area contributed by atoms with Crippen molar-refractivity contribution in [1.29, 1.82) is 0 Å². The number of rotatable bonds is 5. The standard InChI is InChI=1S/C24H31FN4O4/c1-16-15-28(12-13-29(16)23(31)33-24(3,4)5)17(2)22(30)27-21-11-10-20(14-26-21)32-19-8-6-18(25)7-9-19/h6-11,14,16-17H,12-13,15H2,1-5H3,(H,26,27,30)/t16-,17?/m0/s1. The van der Waals surface area contributed by atoms with Crippen molar-refractivity contribution in [3.05, 3.63) is 48.4 Å². The minimum Gasteiger partial charge on any atom is -0.456 e. The summed E-state index contributed by atoms with van der Waals surface area (Å²) in [7, 11) is 0. The van der Waals surface area contributed by atoms with Gasteiger partial charge in [-0.05, 0) is 71.0 Å². The molecule has 2 aromatic rings. The fourth-order valence-corrected chi connectivity index (χ4v) is 3.48. The molecular weight excluding hydrogens is 427 g/mol. The molecule has 1 aromatic carbocycles. The minimum absolute atomic E-state index is 0.0788. The summed E-state index contributed by atoms with van der Waals surface area (Å²) in [5.74, 6) is 0.836. The Hall–Kier alpha value is -3.20. The van der Waals surface area contributed by atoms with Crippen LogP contribution in [0.15, 0.2) is 42.6 Å². The number of aromatic nitrogens is 1. The highest BCUT2D eigenvalue weighted by molar-refractivity contribution is 5.93. The average Bonchev–Trinajstić information content (AvgIpc) is 2.74. The zero-order valence-corrected chi connectivity index (χ0v) is 19.7. The van der Waals surface area contributed by atoms with E-state index in [2.05, 4.69) is 10.3 Å².